The van der Waals surface area contributed by atoms with Crippen molar-refractivity contribution < 1.29 is 0 Å². The van der Waals surface area contributed by atoms with E-state index in [1.807, 2.05) is 35.9 Å². The third kappa shape index (κ3) is 3.40. The molecule has 2 aliphatic heterocycles. The monoisotopic (exact) mass is 464 g/mol. The third-order valence-corrected chi connectivity index (χ3v) is 7.80. The van der Waals surface area contributed by atoms with Gasteiger partial charge in [-0.05, 0) is 58.1 Å². The van der Waals surface area contributed by atoms with Crippen LogP contribution in [0.2, 0.25) is 0 Å². The van der Waals surface area contributed by atoms with Crippen LogP contribution in [0.4, 0.5) is 0 Å². The maximum atomic E-state index is 5.04. The van der Waals surface area contributed by atoms with Crippen molar-refractivity contribution in [1.82, 2.24) is 9.97 Å². The Kier molecular flexibility index (Phi) is 4.68. The summed E-state index contributed by atoms with van der Waals surface area (Å²) in [4.78, 5) is 10.4. The quantitative estimate of drug-likeness (QED) is 0.261. The van der Waals surface area contributed by atoms with Crippen LogP contribution in [0.15, 0.2) is 122 Å². The fourth-order valence-corrected chi connectivity index (χ4v) is 6.07. The number of rotatable bonds is 3. The van der Waals surface area contributed by atoms with E-state index in [2.05, 4.69) is 102 Å². The van der Waals surface area contributed by atoms with Crippen LogP contribution < -0.4 is 0 Å². The van der Waals surface area contributed by atoms with Crippen LogP contribution in [0.5, 0.6) is 0 Å². The van der Waals surface area contributed by atoms with Gasteiger partial charge in [-0.2, -0.15) is 0 Å². The SMILES string of the molecule is c1cc(-c2ccncc2)cc(-c2ccc(-c3sc4ccccc4c4nc5ccccc5c3-4)cc2)c1. The zero-order valence-electron chi connectivity index (χ0n) is 18.8. The molecule has 4 aromatic carbocycles. The Hall–Kier alpha value is -4.34. The Morgan fingerprint density at radius 2 is 1.17 bits per heavy atom. The smallest absolute Gasteiger partial charge is 0.0817 e. The summed E-state index contributed by atoms with van der Waals surface area (Å²) in [6.45, 7) is 0. The van der Waals surface area contributed by atoms with E-state index in [0.29, 0.717) is 0 Å². The van der Waals surface area contributed by atoms with Crippen molar-refractivity contribution in [3.8, 4) is 44.0 Å². The molecule has 0 bridgehead atoms. The summed E-state index contributed by atoms with van der Waals surface area (Å²) in [6, 6.07) is 38.8. The Morgan fingerprint density at radius 1 is 0.514 bits per heavy atom. The molecule has 0 fully saturated rings. The van der Waals surface area contributed by atoms with Gasteiger partial charge in [0.05, 0.1) is 11.2 Å². The standard InChI is InChI=1S/C32H20N2S/c1-3-10-28-26(8-1)30-31(34-28)27-9-2-4-11-29(27)35-32(30)23-14-12-21(13-15-23)24-6-5-7-25(20-24)22-16-18-33-19-17-22/h1-20H. The Balaban J connectivity index is 1.37. The summed E-state index contributed by atoms with van der Waals surface area (Å²) in [5.41, 5.74) is 9.39. The number of hydrogen-bond acceptors (Lipinski definition) is 3. The largest absolute Gasteiger partial charge is 0.265 e. The van der Waals surface area contributed by atoms with Gasteiger partial charge in [-0.3, -0.25) is 4.98 Å². The molecule has 0 atom stereocenters. The van der Waals surface area contributed by atoms with Crippen LogP contribution in [0.3, 0.4) is 0 Å². The van der Waals surface area contributed by atoms with Crippen LogP contribution in [0.25, 0.3) is 64.9 Å². The highest BCUT2D eigenvalue weighted by atomic mass is 32.1. The molecule has 35 heavy (non-hydrogen) atoms. The molecule has 0 saturated heterocycles. The first kappa shape index (κ1) is 20.1. The molecule has 2 nitrogen and oxygen atoms in total. The van der Waals surface area contributed by atoms with Gasteiger partial charge >= 0.3 is 0 Å². The van der Waals surface area contributed by atoms with E-state index in [1.54, 1.807) is 0 Å². The highest BCUT2D eigenvalue weighted by Gasteiger charge is 2.21. The zero-order valence-corrected chi connectivity index (χ0v) is 19.7. The maximum Gasteiger partial charge on any atom is 0.0817 e. The molecule has 0 saturated carbocycles. The third-order valence-electron chi connectivity index (χ3n) is 6.58. The molecule has 7 rings (SSSR count). The first-order chi connectivity index (χ1) is 17.3. The predicted octanol–water partition coefficient (Wildman–Crippen LogP) is 8.95. The van der Waals surface area contributed by atoms with Gasteiger partial charge in [0, 0.05) is 38.3 Å². The fourth-order valence-electron chi connectivity index (χ4n) is 4.86. The normalized spacial score (nSPS) is 11.4. The lowest BCUT2D eigenvalue weighted by atomic mass is 9.97. The summed E-state index contributed by atoms with van der Waals surface area (Å²) in [6.07, 6.45) is 3.68. The van der Waals surface area contributed by atoms with Crippen molar-refractivity contribution in [2.75, 3.05) is 0 Å². The van der Waals surface area contributed by atoms with Crippen LogP contribution >= 0.6 is 11.3 Å². The van der Waals surface area contributed by atoms with Crippen LogP contribution in [-0.2, 0) is 0 Å². The average Bonchev–Trinajstić information content (AvgIpc) is 3.33. The summed E-state index contributed by atoms with van der Waals surface area (Å²) in [5.74, 6) is 0. The zero-order chi connectivity index (χ0) is 23.2. The molecule has 0 unspecified atom stereocenters. The van der Waals surface area contributed by atoms with Crippen molar-refractivity contribution in [3.63, 3.8) is 0 Å². The Labute approximate surface area is 207 Å². The van der Waals surface area contributed by atoms with E-state index >= 15 is 0 Å². The van der Waals surface area contributed by atoms with Gasteiger partial charge in [0.15, 0.2) is 0 Å². The highest BCUT2D eigenvalue weighted by Crippen LogP contribution is 2.47. The lowest BCUT2D eigenvalue weighted by Crippen LogP contribution is -1.86. The van der Waals surface area contributed by atoms with E-state index in [0.717, 1.165) is 11.2 Å². The molecule has 0 spiro atoms. The second-order valence-corrected chi connectivity index (χ2v) is 9.73. The van der Waals surface area contributed by atoms with E-state index in [-0.39, 0.29) is 0 Å². The molecule has 0 amide bonds. The van der Waals surface area contributed by atoms with Gasteiger partial charge in [-0.1, -0.05) is 78.9 Å². The minimum atomic E-state index is 1.05. The van der Waals surface area contributed by atoms with E-state index < -0.39 is 0 Å². The predicted molar refractivity (Wildman–Crippen MR) is 148 cm³/mol. The van der Waals surface area contributed by atoms with E-state index in [4.69, 9.17) is 4.98 Å². The number of benzene rings is 4. The number of pyridine rings is 1. The molecule has 0 radical (unpaired) electrons. The molecule has 1 aromatic heterocycles. The minimum absolute atomic E-state index is 1.05. The van der Waals surface area contributed by atoms with Crippen LogP contribution in [0.1, 0.15) is 0 Å². The van der Waals surface area contributed by atoms with Gasteiger partial charge in [-0.25, -0.2) is 4.98 Å². The number of hydrogen-bond donors (Lipinski definition) is 0. The first-order valence-corrected chi connectivity index (χ1v) is 12.5. The molecule has 3 heterocycles. The molecule has 0 aliphatic carbocycles. The van der Waals surface area contributed by atoms with Gasteiger partial charge < -0.3 is 0 Å². The summed E-state index contributed by atoms with van der Waals surface area (Å²) < 4.78 is 1.26. The van der Waals surface area contributed by atoms with Gasteiger partial charge in [-0.15, -0.1) is 11.3 Å². The van der Waals surface area contributed by atoms with Gasteiger partial charge in [0.2, 0.25) is 0 Å². The van der Waals surface area contributed by atoms with Crippen molar-refractivity contribution in [3.05, 3.63) is 122 Å². The second kappa shape index (κ2) is 8.15. The molecule has 164 valence electrons. The minimum Gasteiger partial charge on any atom is -0.265 e. The van der Waals surface area contributed by atoms with Crippen molar-refractivity contribution in [2.24, 2.45) is 0 Å². The van der Waals surface area contributed by atoms with Crippen molar-refractivity contribution in [1.29, 1.82) is 0 Å². The Morgan fingerprint density at radius 3 is 1.97 bits per heavy atom. The average molecular weight is 465 g/mol. The van der Waals surface area contributed by atoms with Crippen molar-refractivity contribution >= 4 is 32.3 Å². The highest BCUT2D eigenvalue weighted by molar-refractivity contribution is 7.22. The molecule has 3 heteroatoms. The lowest BCUT2D eigenvalue weighted by molar-refractivity contribution is 1.33. The molecular weight excluding hydrogens is 444 g/mol. The second-order valence-electron chi connectivity index (χ2n) is 8.67. The number of fused-ring (bicyclic) bond motifs is 5. The number of nitrogens with zero attached hydrogens (tertiary/aromatic N) is 2. The molecule has 2 aliphatic rings. The van der Waals surface area contributed by atoms with E-state index in [1.165, 1.54) is 53.7 Å². The van der Waals surface area contributed by atoms with Crippen LogP contribution in [0, 0.1) is 0 Å². The number of aromatic nitrogens is 2. The summed E-state index contributed by atoms with van der Waals surface area (Å²) >= 11 is 1.84. The first-order valence-electron chi connectivity index (χ1n) is 11.7. The molecule has 0 N–H and O–H groups in total. The fraction of sp³-hybridized carbons (Fsp3) is 0. The maximum absolute atomic E-state index is 5.04. The summed E-state index contributed by atoms with van der Waals surface area (Å²) in [5, 5.41) is 2.44. The molecular formula is C32H20N2S. The topological polar surface area (TPSA) is 25.8 Å². The van der Waals surface area contributed by atoms with Gasteiger partial charge in [0.1, 0.15) is 0 Å². The Bertz CT molecular complexity index is 1780. The molecule has 5 aromatic rings. The van der Waals surface area contributed by atoms with Crippen LogP contribution in [-0.4, -0.2) is 9.97 Å². The summed E-state index contributed by atoms with van der Waals surface area (Å²) in [7, 11) is 0. The van der Waals surface area contributed by atoms with Crippen molar-refractivity contribution in [2.45, 2.75) is 0 Å². The lowest BCUT2D eigenvalue weighted by Gasteiger charge is -2.12. The van der Waals surface area contributed by atoms with Gasteiger partial charge in [0.25, 0.3) is 0 Å². The van der Waals surface area contributed by atoms with E-state index in [9.17, 15) is 0 Å². The number of para-hydroxylation sites is 1.